The van der Waals surface area contributed by atoms with Gasteiger partial charge in [-0.25, -0.2) is 0 Å². The lowest BCUT2D eigenvalue weighted by atomic mass is 9.96. The van der Waals surface area contributed by atoms with E-state index in [4.69, 9.17) is 4.74 Å². The lowest BCUT2D eigenvalue weighted by Gasteiger charge is -2.26. The van der Waals surface area contributed by atoms with E-state index in [2.05, 4.69) is 4.98 Å². The third kappa shape index (κ3) is 3.59. The van der Waals surface area contributed by atoms with Crippen LogP contribution in [0, 0.1) is 0 Å². The molecule has 1 atom stereocenters. The molecule has 0 saturated carbocycles. The van der Waals surface area contributed by atoms with Crippen molar-refractivity contribution in [2.75, 3.05) is 11.5 Å². The summed E-state index contributed by atoms with van der Waals surface area (Å²) in [6.07, 6.45) is 3.24. The summed E-state index contributed by atoms with van der Waals surface area (Å²) in [5, 5.41) is 13.0. The van der Waals surface area contributed by atoms with Crippen molar-refractivity contribution in [1.82, 2.24) is 4.98 Å². The van der Waals surface area contributed by atoms with Crippen molar-refractivity contribution in [3.8, 4) is 5.75 Å². The standard InChI is InChI=1S/C28H22N2O4/c1-2-34-21-14-12-19(13-15-21)26(31)24-25(20-9-6-16-29-17-20)30(28(33)27(24)32)23-11-5-8-18-7-3-4-10-22(18)23/h3-17,25,31H,2H2,1H3/b26-24+. The topological polar surface area (TPSA) is 79.7 Å². The second-order valence-corrected chi connectivity index (χ2v) is 7.91. The minimum Gasteiger partial charge on any atom is -0.507 e. The van der Waals surface area contributed by atoms with Crippen LogP contribution in [0.15, 0.2) is 96.8 Å². The van der Waals surface area contributed by atoms with Gasteiger partial charge in [-0.2, -0.15) is 0 Å². The highest BCUT2D eigenvalue weighted by Gasteiger charge is 2.47. The fourth-order valence-electron chi connectivity index (χ4n) is 4.38. The van der Waals surface area contributed by atoms with E-state index in [1.807, 2.05) is 49.4 Å². The Morgan fingerprint density at radius 3 is 2.47 bits per heavy atom. The van der Waals surface area contributed by atoms with Crippen molar-refractivity contribution < 1.29 is 19.4 Å². The molecule has 1 aliphatic heterocycles. The van der Waals surface area contributed by atoms with Gasteiger partial charge < -0.3 is 9.84 Å². The zero-order valence-electron chi connectivity index (χ0n) is 18.5. The van der Waals surface area contributed by atoms with E-state index in [1.54, 1.807) is 48.8 Å². The Morgan fingerprint density at radius 1 is 0.971 bits per heavy atom. The number of aromatic nitrogens is 1. The van der Waals surface area contributed by atoms with Crippen LogP contribution in [0.2, 0.25) is 0 Å². The maximum absolute atomic E-state index is 13.4. The monoisotopic (exact) mass is 450 g/mol. The Balaban J connectivity index is 1.71. The van der Waals surface area contributed by atoms with Crippen LogP contribution in [-0.2, 0) is 9.59 Å². The van der Waals surface area contributed by atoms with Gasteiger partial charge in [0.1, 0.15) is 11.5 Å². The summed E-state index contributed by atoms with van der Waals surface area (Å²) in [4.78, 5) is 32.4. The minimum atomic E-state index is -0.828. The number of carbonyl (C=O) groups excluding carboxylic acids is 2. The second-order valence-electron chi connectivity index (χ2n) is 7.91. The first-order valence-electron chi connectivity index (χ1n) is 11.0. The Kier molecular flexibility index (Phi) is 5.55. The average Bonchev–Trinajstić information content (AvgIpc) is 3.14. The van der Waals surface area contributed by atoms with Gasteiger partial charge in [0.25, 0.3) is 11.7 Å². The molecular weight excluding hydrogens is 428 g/mol. The quantitative estimate of drug-likeness (QED) is 0.255. The molecule has 2 heterocycles. The smallest absolute Gasteiger partial charge is 0.300 e. The third-order valence-corrected chi connectivity index (χ3v) is 5.91. The fraction of sp³-hybridized carbons (Fsp3) is 0.107. The maximum atomic E-state index is 13.4. The summed E-state index contributed by atoms with van der Waals surface area (Å²) in [6.45, 7) is 2.40. The first-order chi connectivity index (χ1) is 16.6. The highest BCUT2D eigenvalue weighted by atomic mass is 16.5. The normalized spacial score (nSPS) is 17.3. The van der Waals surface area contributed by atoms with Crippen LogP contribution in [0.25, 0.3) is 16.5 Å². The van der Waals surface area contributed by atoms with Crippen molar-refractivity contribution in [2.45, 2.75) is 13.0 Å². The molecule has 1 aromatic heterocycles. The molecule has 1 saturated heterocycles. The molecule has 0 aliphatic carbocycles. The average molecular weight is 450 g/mol. The summed E-state index contributed by atoms with van der Waals surface area (Å²) in [5.41, 5.74) is 1.67. The van der Waals surface area contributed by atoms with E-state index in [9.17, 15) is 14.7 Å². The van der Waals surface area contributed by atoms with Crippen LogP contribution in [0.1, 0.15) is 24.1 Å². The number of hydrogen-bond donors (Lipinski definition) is 1. The van der Waals surface area contributed by atoms with Gasteiger partial charge in [-0.15, -0.1) is 0 Å². The largest absolute Gasteiger partial charge is 0.507 e. The summed E-state index contributed by atoms with van der Waals surface area (Å²) in [7, 11) is 0. The Morgan fingerprint density at radius 2 is 1.74 bits per heavy atom. The third-order valence-electron chi connectivity index (χ3n) is 5.91. The van der Waals surface area contributed by atoms with E-state index in [-0.39, 0.29) is 11.3 Å². The summed E-state index contributed by atoms with van der Waals surface area (Å²) in [5.74, 6) is -1.03. The molecule has 1 N–H and O–H groups in total. The van der Waals surface area contributed by atoms with Crippen LogP contribution < -0.4 is 9.64 Å². The van der Waals surface area contributed by atoms with E-state index in [0.29, 0.717) is 29.2 Å². The number of rotatable bonds is 5. The number of ether oxygens (including phenoxy) is 1. The molecule has 0 bridgehead atoms. The molecule has 1 unspecified atom stereocenters. The molecule has 5 rings (SSSR count). The highest BCUT2D eigenvalue weighted by Crippen LogP contribution is 2.44. The van der Waals surface area contributed by atoms with E-state index >= 15 is 0 Å². The Bertz CT molecular complexity index is 1410. The zero-order chi connectivity index (χ0) is 23.7. The number of anilines is 1. The number of Topliss-reactive ketones (excluding diaryl/α,β-unsaturated/α-hetero) is 1. The number of hydrogen-bond acceptors (Lipinski definition) is 5. The fourth-order valence-corrected chi connectivity index (χ4v) is 4.38. The molecular formula is C28H22N2O4. The molecule has 1 fully saturated rings. The summed E-state index contributed by atoms with van der Waals surface area (Å²) < 4.78 is 5.48. The molecule has 168 valence electrons. The van der Waals surface area contributed by atoms with Crippen LogP contribution in [-0.4, -0.2) is 28.4 Å². The molecule has 3 aromatic carbocycles. The molecule has 6 nitrogen and oxygen atoms in total. The Hall–Kier alpha value is -4.45. The van der Waals surface area contributed by atoms with Gasteiger partial charge >= 0.3 is 0 Å². The van der Waals surface area contributed by atoms with Crippen molar-refractivity contribution in [2.24, 2.45) is 0 Å². The molecule has 0 spiro atoms. The van der Waals surface area contributed by atoms with Gasteiger partial charge in [0.2, 0.25) is 0 Å². The highest BCUT2D eigenvalue weighted by molar-refractivity contribution is 6.52. The number of amides is 1. The number of aliphatic hydroxyl groups excluding tert-OH is 1. The van der Waals surface area contributed by atoms with Crippen LogP contribution in [0.5, 0.6) is 5.75 Å². The van der Waals surface area contributed by atoms with Gasteiger partial charge in [0.15, 0.2) is 0 Å². The number of ketones is 1. The van der Waals surface area contributed by atoms with Gasteiger partial charge in [-0.1, -0.05) is 42.5 Å². The van der Waals surface area contributed by atoms with E-state index < -0.39 is 17.7 Å². The van der Waals surface area contributed by atoms with E-state index in [1.165, 1.54) is 4.90 Å². The molecule has 6 heteroatoms. The zero-order valence-corrected chi connectivity index (χ0v) is 18.5. The molecule has 1 aliphatic rings. The maximum Gasteiger partial charge on any atom is 0.300 e. The number of pyridine rings is 1. The van der Waals surface area contributed by atoms with Crippen LogP contribution in [0.3, 0.4) is 0 Å². The van der Waals surface area contributed by atoms with Gasteiger partial charge in [-0.05, 0) is 54.3 Å². The Labute approximate surface area is 196 Å². The number of fused-ring (bicyclic) bond motifs is 1. The van der Waals surface area contributed by atoms with Crippen molar-refractivity contribution in [3.05, 3.63) is 108 Å². The first-order valence-corrected chi connectivity index (χ1v) is 11.0. The van der Waals surface area contributed by atoms with Crippen LogP contribution >= 0.6 is 0 Å². The molecule has 0 radical (unpaired) electrons. The SMILES string of the molecule is CCOc1ccc(/C(O)=C2\C(=O)C(=O)N(c3cccc4ccccc34)C2c2cccnc2)cc1. The van der Waals surface area contributed by atoms with Crippen molar-refractivity contribution in [1.29, 1.82) is 0 Å². The van der Waals surface area contributed by atoms with Crippen LogP contribution in [0.4, 0.5) is 5.69 Å². The number of aliphatic hydroxyl groups is 1. The number of carbonyl (C=O) groups is 2. The van der Waals surface area contributed by atoms with Gasteiger partial charge in [-0.3, -0.25) is 19.5 Å². The lowest BCUT2D eigenvalue weighted by molar-refractivity contribution is -0.132. The first kappa shape index (κ1) is 21.4. The summed E-state index contributed by atoms with van der Waals surface area (Å²) >= 11 is 0. The predicted molar refractivity (Wildman–Crippen MR) is 131 cm³/mol. The molecule has 34 heavy (non-hydrogen) atoms. The molecule has 1 amide bonds. The van der Waals surface area contributed by atoms with E-state index in [0.717, 1.165) is 10.8 Å². The minimum absolute atomic E-state index is 0.0232. The lowest BCUT2D eigenvalue weighted by Crippen LogP contribution is -2.29. The molecule has 4 aromatic rings. The number of nitrogens with zero attached hydrogens (tertiary/aromatic N) is 2. The van der Waals surface area contributed by atoms with Gasteiger partial charge in [0.05, 0.1) is 23.9 Å². The predicted octanol–water partition coefficient (Wildman–Crippen LogP) is 5.26. The number of benzene rings is 3. The second kappa shape index (κ2) is 8.83. The van der Waals surface area contributed by atoms with Crippen molar-refractivity contribution in [3.63, 3.8) is 0 Å². The van der Waals surface area contributed by atoms with Crippen molar-refractivity contribution >= 4 is 33.9 Å². The van der Waals surface area contributed by atoms with Gasteiger partial charge in [0, 0.05) is 23.3 Å². The summed E-state index contributed by atoms with van der Waals surface area (Å²) in [6, 6.07) is 22.8.